The average Bonchev–Trinajstić information content (AvgIpc) is 2.13. The van der Waals surface area contributed by atoms with E-state index < -0.39 is 12.1 Å². The van der Waals surface area contributed by atoms with Crippen LogP contribution in [0.3, 0.4) is 0 Å². The Labute approximate surface area is 96.2 Å². The van der Waals surface area contributed by atoms with Crippen LogP contribution in [0.1, 0.15) is 45.4 Å². The van der Waals surface area contributed by atoms with Crippen molar-refractivity contribution < 1.29 is 14.6 Å². The first-order valence-corrected chi connectivity index (χ1v) is 6.47. The summed E-state index contributed by atoms with van der Waals surface area (Å²) in [5.74, 6) is 1.61. The molecule has 1 N–H and O–H groups in total. The Bertz CT molecular complexity index is 275. The molecule has 0 unspecified atom stereocenters. The third kappa shape index (κ3) is 1.65. The van der Waals surface area contributed by atoms with E-state index in [1.54, 1.807) is 6.92 Å². The van der Waals surface area contributed by atoms with Gasteiger partial charge in [0.15, 0.2) is 6.10 Å². The van der Waals surface area contributed by atoms with Crippen molar-refractivity contribution >= 4 is 5.97 Å². The molecule has 0 aromatic rings. The maximum atomic E-state index is 10.9. The van der Waals surface area contributed by atoms with Gasteiger partial charge in [0, 0.05) is 0 Å². The molecule has 4 saturated carbocycles. The van der Waals surface area contributed by atoms with Crippen LogP contribution in [0.15, 0.2) is 0 Å². The summed E-state index contributed by atoms with van der Waals surface area (Å²) in [5, 5.41) is 8.96. The van der Waals surface area contributed by atoms with Crippen molar-refractivity contribution in [1.82, 2.24) is 0 Å². The highest BCUT2D eigenvalue weighted by molar-refractivity contribution is 5.71. The highest BCUT2D eigenvalue weighted by Gasteiger charge is 2.52. The molecule has 1 atom stereocenters. The molecule has 3 nitrogen and oxygen atoms in total. The molecule has 4 fully saturated rings. The van der Waals surface area contributed by atoms with Crippen molar-refractivity contribution in [2.45, 2.75) is 57.2 Å². The number of rotatable bonds is 3. The van der Waals surface area contributed by atoms with Crippen molar-refractivity contribution in [3.05, 3.63) is 0 Å². The quantitative estimate of drug-likeness (QED) is 0.801. The average molecular weight is 224 g/mol. The molecular formula is C13H20O3. The molecule has 0 saturated heterocycles. The van der Waals surface area contributed by atoms with Crippen molar-refractivity contribution in [3.8, 4) is 0 Å². The van der Waals surface area contributed by atoms with Gasteiger partial charge in [-0.05, 0) is 63.2 Å². The van der Waals surface area contributed by atoms with Crippen LogP contribution in [-0.2, 0) is 9.53 Å². The molecule has 0 radical (unpaired) electrons. The van der Waals surface area contributed by atoms with Crippen LogP contribution < -0.4 is 0 Å². The fourth-order valence-electron chi connectivity index (χ4n) is 4.60. The third-order valence-electron chi connectivity index (χ3n) is 4.76. The van der Waals surface area contributed by atoms with E-state index in [1.165, 1.54) is 19.3 Å². The molecule has 0 spiro atoms. The van der Waals surface area contributed by atoms with Crippen molar-refractivity contribution in [2.24, 2.45) is 17.8 Å². The van der Waals surface area contributed by atoms with Crippen molar-refractivity contribution in [2.75, 3.05) is 0 Å². The lowest BCUT2D eigenvalue weighted by atomic mass is 9.54. The monoisotopic (exact) mass is 224 g/mol. The first-order valence-electron chi connectivity index (χ1n) is 6.47. The number of hydrogen-bond donors (Lipinski definition) is 1. The predicted molar refractivity (Wildman–Crippen MR) is 59.1 cm³/mol. The maximum Gasteiger partial charge on any atom is 0.332 e. The SMILES string of the molecule is C[C@H](OC12CC3CC(CC(C3)C1)C2)C(=O)O. The number of ether oxygens (including phenoxy) is 1. The molecule has 90 valence electrons. The van der Waals surface area contributed by atoms with Gasteiger partial charge in [-0.3, -0.25) is 0 Å². The molecule has 4 bridgehead atoms. The van der Waals surface area contributed by atoms with Gasteiger partial charge in [0.1, 0.15) is 0 Å². The molecular weight excluding hydrogens is 204 g/mol. The molecule has 0 aromatic heterocycles. The fourth-order valence-corrected chi connectivity index (χ4v) is 4.60. The zero-order valence-corrected chi connectivity index (χ0v) is 9.82. The van der Waals surface area contributed by atoms with Crippen molar-refractivity contribution in [3.63, 3.8) is 0 Å². The van der Waals surface area contributed by atoms with Gasteiger partial charge in [-0.25, -0.2) is 4.79 Å². The smallest absolute Gasteiger partial charge is 0.332 e. The van der Waals surface area contributed by atoms with Crippen LogP contribution in [-0.4, -0.2) is 22.8 Å². The number of carbonyl (C=O) groups is 1. The normalized spacial score (nSPS) is 46.9. The zero-order chi connectivity index (χ0) is 11.3. The predicted octanol–water partition coefficient (Wildman–Crippen LogP) is 2.44. The summed E-state index contributed by atoms with van der Waals surface area (Å²) in [7, 11) is 0. The Morgan fingerprint density at radius 3 is 2.00 bits per heavy atom. The van der Waals surface area contributed by atoms with E-state index in [2.05, 4.69) is 0 Å². The van der Waals surface area contributed by atoms with Gasteiger partial charge in [-0.15, -0.1) is 0 Å². The highest BCUT2D eigenvalue weighted by atomic mass is 16.5. The molecule has 4 aliphatic rings. The van der Waals surface area contributed by atoms with Gasteiger partial charge in [0.2, 0.25) is 0 Å². The second kappa shape index (κ2) is 3.46. The Morgan fingerprint density at radius 2 is 1.62 bits per heavy atom. The van der Waals surface area contributed by atoms with Crippen LogP contribution in [0, 0.1) is 17.8 Å². The summed E-state index contributed by atoms with van der Waals surface area (Å²) in [6.07, 6.45) is 6.78. The van der Waals surface area contributed by atoms with E-state index in [4.69, 9.17) is 9.84 Å². The fraction of sp³-hybridized carbons (Fsp3) is 0.923. The second-order valence-electron chi connectivity index (χ2n) is 6.20. The standard InChI is InChI=1S/C13H20O3/c1-8(12(14)15)16-13-5-9-2-10(6-13)4-11(3-9)7-13/h8-11H,2-7H2,1H3,(H,14,15)/t8-,9?,10?,11?,13?/m0/s1. The largest absolute Gasteiger partial charge is 0.479 e. The molecule has 0 aliphatic heterocycles. The Kier molecular flexibility index (Phi) is 2.29. The van der Waals surface area contributed by atoms with Crippen LogP contribution in [0.5, 0.6) is 0 Å². The summed E-state index contributed by atoms with van der Waals surface area (Å²) in [4.78, 5) is 10.9. The zero-order valence-electron chi connectivity index (χ0n) is 9.82. The molecule has 4 rings (SSSR count). The first kappa shape index (κ1) is 10.6. The van der Waals surface area contributed by atoms with E-state index in [0.717, 1.165) is 37.0 Å². The van der Waals surface area contributed by atoms with Crippen LogP contribution in [0.2, 0.25) is 0 Å². The molecule has 3 heteroatoms. The number of carboxylic acids is 1. The van der Waals surface area contributed by atoms with Gasteiger partial charge in [-0.1, -0.05) is 0 Å². The Morgan fingerprint density at radius 1 is 1.19 bits per heavy atom. The van der Waals surface area contributed by atoms with E-state index in [-0.39, 0.29) is 5.60 Å². The van der Waals surface area contributed by atoms with E-state index in [1.807, 2.05) is 0 Å². The minimum atomic E-state index is -0.823. The summed E-state index contributed by atoms with van der Waals surface area (Å²) < 4.78 is 5.91. The summed E-state index contributed by atoms with van der Waals surface area (Å²) in [5.41, 5.74) is -0.0768. The molecule has 16 heavy (non-hydrogen) atoms. The van der Waals surface area contributed by atoms with Gasteiger partial charge in [-0.2, -0.15) is 0 Å². The summed E-state index contributed by atoms with van der Waals surface area (Å²) in [6.45, 7) is 1.67. The van der Waals surface area contributed by atoms with Crippen LogP contribution in [0.25, 0.3) is 0 Å². The molecule has 4 aliphatic carbocycles. The lowest BCUT2D eigenvalue weighted by Crippen LogP contribution is -2.53. The van der Waals surface area contributed by atoms with E-state index in [9.17, 15) is 4.79 Å². The minimum Gasteiger partial charge on any atom is -0.479 e. The summed E-state index contributed by atoms with van der Waals surface area (Å²) >= 11 is 0. The first-order chi connectivity index (χ1) is 7.56. The lowest BCUT2D eigenvalue weighted by molar-refractivity contribution is -0.197. The van der Waals surface area contributed by atoms with Gasteiger partial charge in [0.25, 0.3) is 0 Å². The van der Waals surface area contributed by atoms with Gasteiger partial charge in [0.05, 0.1) is 5.60 Å². The lowest BCUT2D eigenvalue weighted by Gasteiger charge is -2.56. The Balaban J connectivity index is 1.76. The van der Waals surface area contributed by atoms with E-state index in [0.29, 0.717) is 0 Å². The minimum absolute atomic E-state index is 0.0768. The molecule has 0 aromatic carbocycles. The second-order valence-corrected chi connectivity index (χ2v) is 6.20. The topological polar surface area (TPSA) is 46.5 Å². The van der Waals surface area contributed by atoms with Crippen molar-refractivity contribution in [1.29, 1.82) is 0 Å². The number of aliphatic carboxylic acids is 1. The van der Waals surface area contributed by atoms with E-state index >= 15 is 0 Å². The Hall–Kier alpha value is -0.570. The van der Waals surface area contributed by atoms with Crippen LogP contribution >= 0.6 is 0 Å². The van der Waals surface area contributed by atoms with Crippen LogP contribution in [0.4, 0.5) is 0 Å². The number of hydrogen-bond acceptors (Lipinski definition) is 2. The number of carboxylic acid groups (broad SMARTS) is 1. The summed E-state index contributed by atoms with van der Waals surface area (Å²) in [6, 6.07) is 0. The molecule has 0 amide bonds. The maximum absolute atomic E-state index is 10.9. The highest BCUT2D eigenvalue weighted by Crippen LogP contribution is 2.57. The molecule has 0 heterocycles. The van der Waals surface area contributed by atoms with Gasteiger partial charge < -0.3 is 9.84 Å². The third-order valence-corrected chi connectivity index (χ3v) is 4.76. The van der Waals surface area contributed by atoms with Gasteiger partial charge >= 0.3 is 5.97 Å².